The number of para-hydroxylation sites is 1. The van der Waals surface area contributed by atoms with E-state index in [0.717, 1.165) is 78.6 Å². The molecule has 1 unspecified atom stereocenters. The third-order valence-corrected chi connectivity index (χ3v) is 7.25. The molecule has 1 atom stereocenters. The van der Waals surface area contributed by atoms with Gasteiger partial charge >= 0.3 is 0 Å². The third-order valence-electron chi connectivity index (χ3n) is 7.25. The highest BCUT2D eigenvalue weighted by atomic mass is 16.5. The second-order valence-electron chi connectivity index (χ2n) is 9.97. The van der Waals surface area contributed by atoms with Gasteiger partial charge in [-0.3, -0.25) is 4.79 Å². The van der Waals surface area contributed by atoms with Gasteiger partial charge in [-0.15, -0.1) is 0 Å². The van der Waals surface area contributed by atoms with Gasteiger partial charge in [-0.1, -0.05) is 50.6 Å². The topological polar surface area (TPSA) is 76.4 Å². The molecule has 1 fully saturated rings. The largest absolute Gasteiger partial charge is 0.497 e. The van der Waals surface area contributed by atoms with Crippen LogP contribution in [0.1, 0.15) is 50.4 Å². The van der Waals surface area contributed by atoms with Gasteiger partial charge in [-0.25, -0.2) is 14.6 Å². The van der Waals surface area contributed by atoms with Gasteiger partial charge in [-0.2, -0.15) is 5.10 Å². The number of hydrogen-bond donors (Lipinski definition) is 0. The van der Waals surface area contributed by atoms with E-state index in [1.807, 2.05) is 70.4 Å². The molecule has 1 aliphatic heterocycles. The predicted octanol–water partition coefficient (Wildman–Crippen LogP) is 5.01. The van der Waals surface area contributed by atoms with E-state index < -0.39 is 0 Å². The lowest BCUT2D eigenvalue weighted by molar-refractivity contribution is -0.130. The minimum atomic E-state index is 0.152. The maximum Gasteiger partial charge on any atom is 0.227 e. The summed E-state index contributed by atoms with van der Waals surface area (Å²) in [5, 5.41) is 5.65. The average Bonchev–Trinajstić information content (AvgIpc) is 3.22. The van der Waals surface area contributed by atoms with Crippen molar-refractivity contribution in [1.82, 2.24) is 24.6 Å². The molecule has 2 aromatic carbocycles. The maximum atomic E-state index is 13.1. The summed E-state index contributed by atoms with van der Waals surface area (Å²) in [4.78, 5) is 27.5. The molecule has 0 aliphatic carbocycles. The molecule has 0 N–H and O–H groups in total. The Kier molecular flexibility index (Phi) is 7.86. The van der Waals surface area contributed by atoms with Crippen LogP contribution < -0.4 is 9.64 Å². The lowest BCUT2D eigenvalue weighted by Gasteiger charge is -2.24. The van der Waals surface area contributed by atoms with Crippen LogP contribution in [0, 0.1) is 0 Å². The SMILES string of the molecule is CCCC(C)c1nc(N2CCCN(C(=O)Cc3ccc(OC)cc3)CC2)c2cnn(-c3ccccc3)c2n1. The van der Waals surface area contributed by atoms with Crippen LogP contribution in [-0.4, -0.2) is 63.8 Å². The molecule has 1 aliphatic rings. The summed E-state index contributed by atoms with van der Waals surface area (Å²) < 4.78 is 7.15. The highest BCUT2D eigenvalue weighted by Gasteiger charge is 2.24. The van der Waals surface area contributed by atoms with E-state index >= 15 is 0 Å². The van der Waals surface area contributed by atoms with Crippen LogP contribution in [0.15, 0.2) is 60.8 Å². The molecule has 0 saturated carbocycles. The van der Waals surface area contributed by atoms with Gasteiger partial charge in [0.25, 0.3) is 0 Å². The first-order valence-corrected chi connectivity index (χ1v) is 13.5. The van der Waals surface area contributed by atoms with E-state index in [1.165, 1.54) is 0 Å². The van der Waals surface area contributed by atoms with Crippen LogP contribution in [0.3, 0.4) is 0 Å². The van der Waals surface area contributed by atoms with Crippen molar-refractivity contribution in [2.75, 3.05) is 38.2 Å². The Labute approximate surface area is 224 Å². The first kappa shape index (κ1) is 25.7. The average molecular weight is 513 g/mol. The molecular formula is C30H36N6O2. The van der Waals surface area contributed by atoms with Gasteiger partial charge in [0, 0.05) is 32.1 Å². The van der Waals surface area contributed by atoms with Gasteiger partial charge in [0.2, 0.25) is 5.91 Å². The van der Waals surface area contributed by atoms with Crippen LogP contribution >= 0.6 is 0 Å². The normalized spacial score (nSPS) is 14.9. The molecule has 8 heteroatoms. The van der Waals surface area contributed by atoms with Crippen molar-refractivity contribution in [2.24, 2.45) is 0 Å². The van der Waals surface area contributed by atoms with Crippen molar-refractivity contribution in [1.29, 1.82) is 0 Å². The number of ether oxygens (including phenoxy) is 1. The number of fused-ring (bicyclic) bond motifs is 1. The molecule has 8 nitrogen and oxygen atoms in total. The zero-order valence-electron chi connectivity index (χ0n) is 22.5. The second-order valence-corrected chi connectivity index (χ2v) is 9.97. The Morgan fingerprint density at radius 1 is 1.00 bits per heavy atom. The number of benzene rings is 2. The minimum Gasteiger partial charge on any atom is -0.497 e. The van der Waals surface area contributed by atoms with Crippen LogP contribution in [0.2, 0.25) is 0 Å². The van der Waals surface area contributed by atoms with Crippen LogP contribution in [0.4, 0.5) is 5.82 Å². The lowest BCUT2D eigenvalue weighted by atomic mass is 10.1. The quantitative estimate of drug-likeness (QED) is 0.330. The Hall–Kier alpha value is -3.94. The van der Waals surface area contributed by atoms with E-state index in [2.05, 4.69) is 18.7 Å². The summed E-state index contributed by atoms with van der Waals surface area (Å²) in [6.45, 7) is 7.33. The molecular weight excluding hydrogens is 476 g/mol. The summed E-state index contributed by atoms with van der Waals surface area (Å²) in [6, 6.07) is 17.8. The molecule has 1 saturated heterocycles. The van der Waals surface area contributed by atoms with Crippen molar-refractivity contribution in [3.8, 4) is 11.4 Å². The molecule has 4 aromatic rings. The fourth-order valence-electron chi connectivity index (χ4n) is 5.10. The van der Waals surface area contributed by atoms with Gasteiger partial charge in [0.1, 0.15) is 17.4 Å². The number of nitrogens with zero attached hydrogens (tertiary/aromatic N) is 6. The maximum absolute atomic E-state index is 13.1. The number of methoxy groups -OCH3 is 1. The smallest absolute Gasteiger partial charge is 0.227 e. The van der Waals surface area contributed by atoms with Crippen LogP contribution in [0.25, 0.3) is 16.7 Å². The van der Waals surface area contributed by atoms with Gasteiger partial charge in [-0.05, 0) is 42.7 Å². The highest BCUT2D eigenvalue weighted by molar-refractivity contribution is 5.88. The number of carbonyl (C=O) groups excluding carboxylic acids is 1. The standard InChI is InChI=1S/C30H36N6O2/c1-4-9-22(2)28-32-29(26-21-31-36(30(26)33-28)24-10-6-5-7-11-24)35-17-8-16-34(18-19-35)27(37)20-23-12-14-25(38-3)15-13-23/h5-7,10-15,21-22H,4,8-9,16-20H2,1-3H3. The van der Waals surface area contributed by atoms with Gasteiger partial charge in [0.05, 0.1) is 30.8 Å². The molecule has 0 bridgehead atoms. The molecule has 38 heavy (non-hydrogen) atoms. The second kappa shape index (κ2) is 11.6. The molecule has 0 radical (unpaired) electrons. The Bertz CT molecular complexity index is 1370. The third kappa shape index (κ3) is 5.49. The fraction of sp³-hybridized carbons (Fsp3) is 0.400. The Morgan fingerprint density at radius 3 is 2.53 bits per heavy atom. The van der Waals surface area contributed by atoms with Crippen molar-refractivity contribution < 1.29 is 9.53 Å². The molecule has 2 aromatic heterocycles. The van der Waals surface area contributed by atoms with Crippen LogP contribution in [0.5, 0.6) is 5.75 Å². The zero-order chi connectivity index (χ0) is 26.5. The van der Waals surface area contributed by atoms with Crippen molar-refractivity contribution >= 4 is 22.8 Å². The summed E-state index contributed by atoms with van der Waals surface area (Å²) in [6.07, 6.45) is 5.25. The molecule has 1 amide bonds. The first-order valence-electron chi connectivity index (χ1n) is 13.5. The van der Waals surface area contributed by atoms with E-state index in [1.54, 1.807) is 7.11 Å². The van der Waals surface area contributed by atoms with Crippen molar-refractivity contribution in [3.05, 3.63) is 72.2 Å². The van der Waals surface area contributed by atoms with E-state index in [0.29, 0.717) is 13.0 Å². The van der Waals surface area contributed by atoms with Crippen LogP contribution in [-0.2, 0) is 11.2 Å². The number of carbonyl (C=O) groups is 1. The minimum absolute atomic E-state index is 0.152. The summed E-state index contributed by atoms with van der Waals surface area (Å²) in [5.41, 5.74) is 2.81. The molecule has 198 valence electrons. The lowest BCUT2D eigenvalue weighted by Crippen LogP contribution is -2.36. The number of aromatic nitrogens is 4. The fourth-order valence-corrected chi connectivity index (χ4v) is 5.10. The van der Waals surface area contributed by atoms with Gasteiger partial charge in [0.15, 0.2) is 5.65 Å². The van der Waals surface area contributed by atoms with E-state index in [-0.39, 0.29) is 11.8 Å². The molecule has 5 rings (SSSR count). The van der Waals surface area contributed by atoms with E-state index in [9.17, 15) is 4.79 Å². The monoisotopic (exact) mass is 512 g/mol. The van der Waals surface area contributed by atoms with Gasteiger partial charge < -0.3 is 14.5 Å². The van der Waals surface area contributed by atoms with Crippen molar-refractivity contribution in [3.63, 3.8) is 0 Å². The Morgan fingerprint density at radius 2 is 1.79 bits per heavy atom. The zero-order valence-corrected chi connectivity index (χ0v) is 22.5. The summed E-state index contributed by atoms with van der Waals surface area (Å²) >= 11 is 0. The van der Waals surface area contributed by atoms with E-state index in [4.69, 9.17) is 19.8 Å². The number of hydrogen-bond acceptors (Lipinski definition) is 6. The first-order chi connectivity index (χ1) is 18.6. The number of amides is 1. The molecule has 0 spiro atoms. The Balaban J connectivity index is 1.40. The number of anilines is 1. The molecule has 3 heterocycles. The summed E-state index contributed by atoms with van der Waals surface area (Å²) in [5.74, 6) is 2.96. The predicted molar refractivity (Wildman–Crippen MR) is 150 cm³/mol. The summed E-state index contributed by atoms with van der Waals surface area (Å²) in [7, 11) is 1.65. The van der Waals surface area contributed by atoms with Crippen molar-refractivity contribution in [2.45, 2.75) is 45.4 Å². The highest BCUT2D eigenvalue weighted by Crippen LogP contribution is 2.30. The number of rotatable bonds is 8.